The van der Waals surface area contributed by atoms with Crippen molar-refractivity contribution in [2.75, 3.05) is 11.1 Å². The van der Waals surface area contributed by atoms with Crippen molar-refractivity contribution in [2.45, 2.75) is 24.6 Å². The summed E-state index contributed by atoms with van der Waals surface area (Å²) in [7, 11) is 0. The van der Waals surface area contributed by atoms with Gasteiger partial charge in [-0.2, -0.15) is 11.8 Å². The molecule has 0 aromatic heterocycles. The first kappa shape index (κ1) is 13.5. The molecular formula is C11H10F5NS. The van der Waals surface area contributed by atoms with Crippen molar-refractivity contribution >= 4 is 17.4 Å². The molecule has 1 aromatic carbocycles. The van der Waals surface area contributed by atoms with Gasteiger partial charge in [-0.05, 0) is 6.42 Å². The summed E-state index contributed by atoms with van der Waals surface area (Å²) in [5.41, 5.74) is -0.939. The molecule has 0 saturated carbocycles. The zero-order valence-electron chi connectivity index (χ0n) is 9.37. The first-order valence-corrected chi connectivity index (χ1v) is 6.36. The van der Waals surface area contributed by atoms with E-state index in [-0.39, 0.29) is 6.04 Å². The Hall–Kier alpha value is -0.980. The average Bonchev–Trinajstić information content (AvgIpc) is 2.75. The van der Waals surface area contributed by atoms with Crippen molar-refractivity contribution in [3.63, 3.8) is 0 Å². The second kappa shape index (κ2) is 4.95. The van der Waals surface area contributed by atoms with Crippen LogP contribution in [0.3, 0.4) is 0 Å². The summed E-state index contributed by atoms with van der Waals surface area (Å²) in [6.07, 6.45) is 0.615. The number of nitrogens with one attached hydrogen (secondary N) is 1. The van der Waals surface area contributed by atoms with Crippen LogP contribution in [0.2, 0.25) is 0 Å². The molecule has 1 N–H and O–H groups in total. The lowest BCUT2D eigenvalue weighted by atomic mass is 10.1. The first-order chi connectivity index (χ1) is 8.41. The summed E-state index contributed by atoms with van der Waals surface area (Å²) >= 11 is 1.58. The molecule has 100 valence electrons. The predicted octanol–water partition coefficient (Wildman–Crippen LogP) is 3.69. The maximum absolute atomic E-state index is 13.4. The number of hydrogen-bond acceptors (Lipinski definition) is 2. The third-order valence-electron chi connectivity index (χ3n) is 2.76. The van der Waals surface area contributed by atoms with E-state index in [1.54, 1.807) is 11.8 Å². The fourth-order valence-electron chi connectivity index (χ4n) is 1.85. The summed E-state index contributed by atoms with van der Waals surface area (Å²) in [6.45, 7) is 1.94. The van der Waals surface area contributed by atoms with Crippen LogP contribution in [-0.4, -0.2) is 17.0 Å². The molecule has 1 nitrogen and oxygen atoms in total. The molecule has 2 atom stereocenters. The molecule has 2 unspecified atom stereocenters. The topological polar surface area (TPSA) is 12.0 Å². The minimum absolute atomic E-state index is 0.293. The number of rotatable bonds is 2. The largest absolute Gasteiger partial charge is 0.377 e. The number of hydrogen-bond donors (Lipinski definition) is 1. The standard InChI is InChI=1S/C11H10F5NS/c1-4-2-5(3-18-4)17-11-9(15)7(13)6(12)8(14)10(11)16/h4-5,17H,2-3H2,1H3. The SMILES string of the molecule is CC1CC(Nc2c(F)c(F)c(F)c(F)c2F)CS1. The highest BCUT2D eigenvalue weighted by Crippen LogP contribution is 2.32. The zero-order valence-corrected chi connectivity index (χ0v) is 10.2. The van der Waals surface area contributed by atoms with Gasteiger partial charge in [0, 0.05) is 17.0 Å². The molecule has 1 fully saturated rings. The Bertz CT molecular complexity index is 450. The van der Waals surface area contributed by atoms with Crippen molar-refractivity contribution in [3.8, 4) is 0 Å². The molecule has 0 bridgehead atoms. The lowest BCUT2D eigenvalue weighted by Crippen LogP contribution is -2.22. The van der Waals surface area contributed by atoms with Crippen LogP contribution in [0.4, 0.5) is 27.6 Å². The molecule has 1 heterocycles. The third kappa shape index (κ3) is 2.28. The van der Waals surface area contributed by atoms with Crippen LogP contribution < -0.4 is 5.32 Å². The van der Waals surface area contributed by atoms with Gasteiger partial charge in [0.15, 0.2) is 23.3 Å². The Morgan fingerprint density at radius 3 is 1.89 bits per heavy atom. The maximum Gasteiger partial charge on any atom is 0.200 e. The van der Waals surface area contributed by atoms with E-state index < -0.39 is 34.8 Å². The van der Waals surface area contributed by atoms with Gasteiger partial charge in [0.1, 0.15) is 5.69 Å². The van der Waals surface area contributed by atoms with E-state index in [0.29, 0.717) is 17.4 Å². The van der Waals surface area contributed by atoms with Gasteiger partial charge >= 0.3 is 0 Å². The van der Waals surface area contributed by atoms with Crippen molar-refractivity contribution in [1.29, 1.82) is 0 Å². The number of anilines is 1. The minimum Gasteiger partial charge on any atom is -0.377 e. The van der Waals surface area contributed by atoms with Gasteiger partial charge < -0.3 is 5.32 Å². The second-order valence-corrected chi connectivity index (χ2v) is 5.64. The molecule has 0 aliphatic carbocycles. The van der Waals surface area contributed by atoms with Crippen molar-refractivity contribution in [2.24, 2.45) is 0 Å². The van der Waals surface area contributed by atoms with E-state index in [1.165, 1.54) is 0 Å². The number of halogens is 5. The molecule has 0 spiro atoms. The van der Waals surface area contributed by atoms with E-state index in [4.69, 9.17) is 0 Å². The van der Waals surface area contributed by atoms with Crippen LogP contribution in [0.5, 0.6) is 0 Å². The van der Waals surface area contributed by atoms with Crippen LogP contribution >= 0.6 is 11.8 Å². The molecule has 2 rings (SSSR count). The second-order valence-electron chi connectivity index (χ2n) is 4.17. The van der Waals surface area contributed by atoms with E-state index in [9.17, 15) is 22.0 Å². The van der Waals surface area contributed by atoms with Crippen molar-refractivity contribution in [1.82, 2.24) is 0 Å². The number of thioether (sulfide) groups is 1. The summed E-state index contributed by atoms with van der Waals surface area (Å²) in [4.78, 5) is 0. The van der Waals surface area contributed by atoms with E-state index in [0.717, 1.165) is 0 Å². The lowest BCUT2D eigenvalue weighted by molar-refractivity contribution is 0.380. The Balaban J connectivity index is 2.33. The van der Waals surface area contributed by atoms with E-state index >= 15 is 0 Å². The van der Waals surface area contributed by atoms with Gasteiger partial charge in [-0.1, -0.05) is 6.92 Å². The van der Waals surface area contributed by atoms with Crippen LogP contribution in [0.25, 0.3) is 0 Å². The monoisotopic (exact) mass is 283 g/mol. The first-order valence-electron chi connectivity index (χ1n) is 5.31. The Morgan fingerprint density at radius 2 is 1.44 bits per heavy atom. The molecule has 7 heteroatoms. The Morgan fingerprint density at radius 1 is 0.944 bits per heavy atom. The zero-order chi connectivity index (χ0) is 13.4. The molecular weight excluding hydrogens is 273 g/mol. The molecule has 0 amide bonds. The fourth-order valence-corrected chi connectivity index (χ4v) is 3.00. The minimum atomic E-state index is -2.13. The fraction of sp³-hybridized carbons (Fsp3) is 0.455. The molecule has 1 aliphatic rings. The molecule has 0 radical (unpaired) electrons. The number of benzene rings is 1. The lowest BCUT2D eigenvalue weighted by Gasteiger charge is -2.15. The quantitative estimate of drug-likeness (QED) is 0.505. The molecule has 18 heavy (non-hydrogen) atoms. The summed E-state index contributed by atoms with van der Waals surface area (Å²) in [6, 6.07) is -0.293. The van der Waals surface area contributed by atoms with E-state index in [1.807, 2.05) is 6.92 Å². The van der Waals surface area contributed by atoms with Gasteiger partial charge in [-0.15, -0.1) is 0 Å². The average molecular weight is 283 g/mol. The van der Waals surface area contributed by atoms with Crippen LogP contribution in [0, 0.1) is 29.1 Å². The van der Waals surface area contributed by atoms with Crippen molar-refractivity contribution in [3.05, 3.63) is 29.1 Å². The predicted molar refractivity (Wildman–Crippen MR) is 60.2 cm³/mol. The van der Waals surface area contributed by atoms with Gasteiger partial charge in [-0.25, -0.2) is 22.0 Å². The highest BCUT2D eigenvalue weighted by atomic mass is 32.2. The van der Waals surface area contributed by atoms with Gasteiger partial charge in [0.25, 0.3) is 0 Å². The highest BCUT2D eigenvalue weighted by Gasteiger charge is 2.29. The molecule has 1 aromatic rings. The third-order valence-corrected chi connectivity index (χ3v) is 4.11. The Labute approximate surface area is 105 Å². The smallest absolute Gasteiger partial charge is 0.200 e. The summed E-state index contributed by atoms with van der Waals surface area (Å²) in [5.74, 6) is -9.03. The van der Waals surface area contributed by atoms with Gasteiger partial charge in [0.05, 0.1) is 0 Å². The molecule has 1 aliphatic heterocycles. The maximum atomic E-state index is 13.4. The van der Waals surface area contributed by atoms with Crippen molar-refractivity contribution < 1.29 is 22.0 Å². The summed E-state index contributed by atoms with van der Waals surface area (Å²) < 4.78 is 65.4. The highest BCUT2D eigenvalue weighted by molar-refractivity contribution is 8.00. The van der Waals surface area contributed by atoms with Gasteiger partial charge in [-0.3, -0.25) is 0 Å². The van der Waals surface area contributed by atoms with Crippen LogP contribution in [-0.2, 0) is 0 Å². The van der Waals surface area contributed by atoms with E-state index in [2.05, 4.69) is 5.32 Å². The summed E-state index contributed by atoms with van der Waals surface area (Å²) in [5, 5.41) is 2.69. The normalized spacial score (nSPS) is 23.4. The Kier molecular flexibility index (Phi) is 3.70. The van der Waals surface area contributed by atoms with Crippen LogP contribution in [0.15, 0.2) is 0 Å². The molecule has 1 saturated heterocycles. The van der Waals surface area contributed by atoms with Crippen LogP contribution in [0.1, 0.15) is 13.3 Å². The van der Waals surface area contributed by atoms with Gasteiger partial charge in [0.2, 0.25) is 5.82 Å².